The zero-order valence-corrected chi connectivity index (χ0v) is 25.8. The van der Waals surface area contributed by atoms with Crippen LogP contribution < -0.4 is 10.6 Å². The third-order valence-electron chi connectivity index (χ3n) is 7.06. The summed E-state index contributed by atoms with van der Waals surface area (Å²) >= 11 is 7.03. The number of hydrogen-bond acceptors (Lipinski definition) is 8. The van der Waals surface area contributed by atoms with Gasteiger partial charge in [-0.05, 0) is 72.1 Å². The van der Waals surface area contributed by atoms with Crippen molar-refractivity contribution in [3.63, 3.8) is 0 Å². The molecule has 2 heterocycles. The molecule has 0 unspecified atom stereocenters. The molecule has 6 aromatic rings. The summed E-state index contributed by atoms with van der Waals surface area (Å²) in [5.74, 6) is 2.58. The Morgan fingerprint density at radius 2 is 0.976 bits per heavy atom. The molecule has 0 amide bonds. The maximum atomic E-state index is 11.4. The van der Waals surface area contributed by atoms with E-state index in [0.717, 1.165) is 30.8 Å². The van der Waals surface area contributed by atoms with Gasteiger partial charge >= 0.3 is 0 Å². The fourth-order valence-corrected chi connectivity index (χ4v) is 5.68. The normalized spacial score (nSPS) is 12.8. The highest BCUT2D eigenvalue weighted by atomic mass is 79.9. The highest BCUT2D eigenvalue weighted by molar-refractivity contribution is 9.10. The predicted octanol–water partition coefficient (Wildman–Crippen LogP) is 8.77. The quantitative estimate of drug-likeness (QED) is 0.125. The molecule has 6 rings (SSSR count). The number of nitrogens with zero attached hydrogens (tertiary/aromatic N) is 2. The first-order valence-corrected chi connectivity index (χ1v) is 14.7. The van der Waals surface area contributed by atoms with Gasteiger partial charge in [0.2, 0.25) is 0 Å². The fourth-order valence-electron chi connectivity index (χ4n) is 5.16. The second kappa shape index (κ2) is 11.5. The van der Waals surface area contributed by atoms with Crippen molar-refractivity contribution in [3.8, 4) is 11.5 Å². The SMILES string of the molecule is Cc1cc(N[C@H](c2ccc(Br)cc2)c2c(O)ccc3c([C@H](Nc4cc(C)on4)c4ccc(Br)cc4)c(O)ccc23)no1. The van der Waals surface area contributed by atoms with Crippen molar-refractivity contribution in [2.24, 2.45) is 0 Å². The summed E-state index contributed by atoms with van der Waals surface area (Å²) in [5, 5.41) is 39.4. The molecule has 0 saturated heterocycles. The molecule has 2 atom stereocenters. The second-order valence-corrected chi connectivity index (χ2v) is 11.8. The Balaban J connectivity index is 1.56. The number of benzene rings is 4. The number of nitrogens with one attached hydrogen (secondary N) is 2. The van der Waals surface area contributed by atoms with Gasteiger partial charge in [-0.1, -0.05) is 78.6 Å². The first-order valence-electron chi connectivity index (χ1n) is 13.1. The average molecular weight is 690 g/mol. The summed E-state index contributed by atoms with van der Waals surface area (Å²) in [4.78, 5) is 0. The van der Waals surface area contributed by atoms with E-state index >= 15 is 0 Å². The van der Waals surface area contributed by atoms with Crippen LogP contribution in [0.2, 0.25) is 0 Å². The molecule has 4 N–H and O–H groups in total. The van der Waals surface area contributed by atoms with E-state index in [-0.39, 0.29) is 11.5 Å². The number of anilines is 2. The van der Waals surface area contributed by atoms with Crippen LogP contribution in [0.1, 0.15) is 45.9 Å². The average Bonchev–Trinajstić information content (AvgIpc) is 3.59. The Morgan fingerprint density at radius 3 is 1.31 bits per heavy atom. The summed E-state index contributed by atoms with van der Waals surface area (Å²) < 4.78 is 12.5. The van der Waals surface area contributed by atoms with Crippen LogP contribution in [0.4, 0.5) is 11.6 Å². The summed E-state index contributed by atoms with van der Waals surface area (Å²) in [7, 11) is 0. The monoisotopic (exact) mass is 688 g/mol. The maximum absolute atomic E-state index is 11.4. The lowest BCUT2D eigenvalue weighted by Crippen LogP contribution is -2.15. The fraction of sp³-hybridized carbons (Fsp3) is 0.125. The van der Waals surface area contributed by atoms with E-state index in [1.807, 2.05) is 74.5 Å². The van der Waals surface area contributed by atoms with Gasteiger partial charge < -0.3 is 29.9 Å². The third-order valence-corrected chi connectivity index (χ3v) is 8.12. The minimum absolute atomic E-state index is 0.0973. The van der Waals surface area contributed by atoms with Gasteiger partial charge in [-0.2, -0.15) is 0 Å². The van der Waals surface area contributed by atoms with Crippen LogP contribution in [0.5, 0.6) is 11.5 Å². The highest BCUT2D eigenvalue weighted by Gasteiger charge is 2.27. The number of aryl methyl sites for hydroxylation is 2. The van der Waals surface area contributed by atoms with Gasteiger partial charge in [-0.15, -0.1) is 0 Å². The molecule has 0 aliphatic heterocycles. The van der Waals surface area contributed by atoms with E-state index in [9.17, 15) is 10.2 Å². The third kappa shape index (κ3) is 5.60. The van der Waals surface area contributed by atoms with Crippen molar-refractivity contribution in [2.45, 2.75) is 25.9 Å². The minimum Gasteiger partial charge on any atom is -0.508 e. The van der Waals surface area contributed by atoms with Crippen LogP contribution in [0, 0.1) is 13.8 Å². The van der Waals surface area contributed by atoms with Crippen molar-refractivity contribution in [3.05, 3.63) is 128 Å². The summed E-state index contributed by atoms with van der Waals surface area (Å²) in [6.07, 6.45) is 0. The lowest BCUT2D eigenvalue weighted by atomic mass is 9.87. The molecule has 0 aliphatic rings. The van der Waals surface area contributed by atoms with Crippen LogP contribution in [-0.2, 0) is 0 Å². The lowest BCUT2D eigenvalue weighted by molar-refractivity contribution is 0.399. The summed E-state index contributed by atoms with van der Waals surface area (Å²) in [6.45, 7) is 3.64. The van der Waals surface area contributed by atoms with Gasteiger partial charge in [0.15, 0.2) is 11.6 Å². The van der Waals surface area contributed by atoms with Crippen molar-refractivity contribution < 1.29 is 19.3 Å². The molecule has 0 spiro atoms. The first kappa shape index (κ1) is 27.9. The van der Waals surface area contributed by atoms with Crippen LogP contribution >= 0.6 is 31.9 Å². The van der Waals surface area contributed by atoms with Gasteiger partial charge in [-0.3, -0.25) is 0 Å². The molecular weight excluding hydrogens is 664 g/mol. The highest BCUT2D eigenvalue weighted by Crippen LogP contribution is 2.44. The number of phenolic OH excluding ortho intramolecular Hbond substituents is 2. The molecule has 10 heteroatoms. The van der Waals surface area contributed by atoms with E-state index in [1.54, 1.807) is 24.3 Å². The molecule has 0 aliphatic carbocycles. The first-order chi connectivity index (χ1) is 20.3. The Hall–Kier alpha value is -4.28. The van der Waals surface area contributed by atoms with Gasteiger partial charge in [0.25, 0.3) is 0 Å². The smallest absolute Gasteiger partial charge is 0.170 e. The molecule has 2 aromatic heterocycles. The Labute approximate surface area is 258 Å². The van der Waals surface area contributed by atoms with Crippen molar-refractivity contribution >= 4 is 54.3 Å². The zero-order valence-electron chi connectivity index (χ0n) is 22.6. The van der Waals surface area contributed by atoms with Gasteiger partial charge in [0.05, 0.1) is 12.1 Å². The van der Waals surface area contributed by atoms with Crippen molar-refractivity contribution in [1.29, 1.82) is 0 Å². The lowest BCUT2D eigenvalue weighted by Gasteiger charge is -2.26. The van der Waals surface area contributed by atoms with E-state index in [4.69, 9.17) is 9.05 Å². The molecular formula is C32H26Br2N4O4. The molecule has 42 heavy (non-hydrogen) atoms. The van der Waals surface area contributed by atoms with Gasteiger partial charge in [-0.25, -0.2) is 0 Å². The zero-order chi connectivity index (χ0) is 29.4. The molecule has 212 valence electrons. The molecule has 0 fully saturated rings. The van der Waals surface area contributed by atoms with Crippen LogP contribution in [-0.4, -0.2) is 20.5 Å². The molecule has 8 nitrogen and oxygen atoms in total. The molecule has 0 bridgehead atoms. The van der Waals surface area contributed by atoms with E-state index in [0.29, 0.717) is 34.3 Å². The minimum atomic E-state index is -0.499. The number of halogens is 2. The maximum Gasteiger partial charge on any atom is 0.170 e. The number of aromatic nitrogens is 2. The largest absolute Gasteiger partial charge is 0.508 e. The number of rotatable bonds is 8. The number of aromatic hydroxyl groups is 2. The van der Waals surface area contributed by atoms with E-state index < -0.39 is 12.1 Å². The second-order valence-electron chi connectivity index (χ2n) is 10.00. The predicted molar refractivity (Wildman–Crippen MR) is 169 cm³/mol. The van der Waals surface area contributed by atoms with E-state index in [1.165, 1.54) is 0 Å². The summed E-state index contributed by atoms with van der Waals surface area (Å²) in [5.41, 5.74) is 3.06. The molecule has 4 aromatic carbocycles. The van der Waals surface area contributed by atoms with Gasteiger partial charge in [0.1, 0.15) is 23.0 Å². The molecule has 0 saturated carbocycles. The van der Waals surface area contributed by atoms with Crippen molar-refractivity contribution in [1.82, 2.24) is 10.3 Å². The van der Waals surface area contributed by atoms with E-state index in [2.05, 4.69) is 52.8 Å². The van der Waals surface area contributed by atoms with Crippen LogP contribution in [0.3, 0.4) is 0 Å². The Bertz CT molecular complexity index is 1730. The summed E-state index contributed by atoms with van der Waals surface area (Å²) in [6, 6.07) is 25.3. The number of phenols is 2. The Kier molecular flexibility index (Phi) is 7.66. The van der Waals surface area contributed by atoms with Gasteiger partial charge in [0, 0.05) is 32.2 Å². The topological polar surface area (TPSA) is 117 Å². The van der Waals surface area contributed by atoms with Crippen molar-refractivity contribution in [2.75, 3.05) is 10.6 Å². The standard InChI is InChI=1S/C32H26Br2N4O4/c1-17-15-27(37-41-17)35-31(19-3-7-21(33)8-4-19)29-23-11-14-26(40)30(24(23)12-13-25(29)39)32(20-5-9-22(34)10-6-20)36-28-16-18(2)42-38-28/h3-16,31-32,39-40H,1-2H3,(H,35,37)(H,36,38)/t31-,32-/m1/s1. The number of fused-ring (bicyclic) bond motifs is 1. The van der Waals surface area contributed by atoms with Crippen LogP contribution in [0.15, 0.2) is 103 Å². The van der Waals surface area contributed by atoms with Crippen LogP contribution in [0.25, 0.3) is 10.8 Å². The number of hydrogen-bond donors (Lipinski definition) is 4. The molecule has 0 radical (unpaired) electrons. The Morgan fingerprint density at radius 1 is 0.595 bits per heavy atom.